The van der Waals surface area contributed by atoms with Gasteiger partial charge in [-0.3, -0.25) is 0 Å². The van der Waals surface area contributed by atoms with Crippen molar-refractivity contribution in [2.75, 3.05) is 0 Å². The maximum atomic E-state index is 2.38. The molecule has 1 atom stereocenters. The van der Waals surface area contributed by atoms with Crippen LogP contribution in [0.1, 0.15) is 70.2 Å². The molecule has 1 aromatic carbocycles. The summed E-state index contributed by atoms with van der Waals surface area (Å²) in [5, 5.41) is 0. The summed E-state index contributed by atoms with van der Waals surface area (Å²) in [5.41, 5.74) is 3.13. The molecule has 1 heteroatoms. The molecular formula is C20H28S. The zero-order valence-corrected chi connectivity index (χ0v) is 14.9. The van der Waals surface area contributed by atoms with E-state index in [1.807, 2.05) is 11.3 Å². The van der Waals surface area contributed by atoms with Crippen molar-refractivity contribution in [3.8, 4) is 10.4 Å². The minimum Gasteiger partial charge on any atom is -0.140 e. The normalized spacial score (nSPS) is 13.4. The summed E-state index contributed by atoms with van der Waals surface area (Å²) >= 11 is 1.95. The van der Waals surface area contributed by atoms with Gasteiger partial charge in [0.2, 0.25) is 0 Å². The highest BCUT2D eigenvalue weighted by Crippen LogP contribution is 2.37. The smallest absolute Gasteiger partial charge is 0.0345 e. The second kappa shape index (κ2) is 6.79. The first-order chi connectivity index (χ1) is 9.97. The zero-order chi connectivity index (χ0) is 15.5. The van der Waals surface area contributed by atoms with Gasteiger partial charge in [-0.1, -0.05) is 65.3 Å². The lowest BCUT2D eigenvalue weighted by Crippen LogP contribution is -2.12. The SMILES string of the molecule is CCCC(C)c1cccc(-c2ccc(C(C)(C)CC)s2)c1. The Morgan fingerprint density at radius 3 is 2.52 bits per heavy atom. The van der Waals surface area contributed by atoms with Crippen LogP contribution in [0.4, 0.5) is 0 Å². The van der Waals surface area contributed by atoms with Gasteiger partial charge in [0.25, 0.3) is 0 Å². The number of hydrogen-bond acceptors (Lipinski definition) is 1. The number of hydrogen-bond donors (Lipinski definition) is 0. The molecule has 0 saturated heterocycles. The largest absolute Gasteiger partial charge is 0.140 e. The molecule has 2 rings (SSSR count). The van der Waals surface area contributed by atoms with Crippen LogP contribution in [-0.2, 0) is 5.41 Å². The van der Waals surface area contributed by atoms with E-state index in [0.717, 1.165) is 0 Å². The number of rotatable bonds is 6. The Morgan fingerprint density at radius 2 is 1.86 bits per heavy atom. The molecule has 1 aromatic heterocycles. The highest BCUT2D eigenvalue weighted by atomic mass is 32.1. The van der Waals surface area contributed by atoms with Gasteiger partial charge in [-0.25, -0.2) is 0 Å². The standard InChI is InChI=1S/C20H28S/c1-6-9-15(3)16-10-8-11-17(14-16)18-12-13-19(21-18)20(4,5)7-2/h8,10-15H,6-7,9H2,1-5H3. The summed E-state index contributed by atoms with van der Waals surface area (Å²) < 4.78 is 0. The molecule has 21 heavy (non-hydrogen) atoms. The van der Waals surface area contributed by atoms with Crippen LogP contribution in [0.3, 0.4) is 0 Å². The lowest BCUT2D eigenvalue weighted by Gasteiger charge is -2.20. The van der Waals surface area contributed by atoms with Crippen molar-refractivity contribution in [2.45, 2.75) is 65.2 Å². The molecule has 0 N–H and O–H groups in total. The fourth-order valence-electron chi connectivity index (χ4n) is 2.63. The van der Waals surface area contributed by atoms with Gasteiger partial charge in [-0.15, -0.1) is 11.3 Å². The van der Waals surface area contributed by atoms with Crippen LogP contribution in [0, 0.1) is 0 Å². The van der Waals surface area contributed by atoms with Gasteiger partial charge in [0, 0.05) is 9.75 Å². The fourth-order valence-corrected chi connectivity index (χ4v) is 3.80. The van der Waals surface area contributed by atoms with Gasteiger partial charge in [0.05, 0.1) is 0 Å². The quantitative estimate of drug-likeness (QED) is 0.538. The monoisotopic (exact) mass is 300 g/mol. The van der Waals surface area contributed by atoms with Crippen molar-refractivity contribution < 1.29 is 0 Å². The van der Waals surface area contributed by atoms with E-state index in [0.29, 0.717) is 5.92 Å². The third-order valence-corrected chi connectivity index (χ3v) is 6.12. The maximum absolute atomic E-state index is 2.38. The average molecular weight is 301 g/mol. The topological polar surface area (TPSA) is 0 Å². The van der Waals surface area contributed by atoms with E-state index in [1.165, 1.54) is 40.1 Å². The van der Waals surface area contributed by atoms with Crippen LogP contribution < -0.4 is 0 Å². The van der Waals surface area contributed by atoms with Gasteiger partial charge in [0.15, 0.2) is 0 Å². The maximum Gasteiger partial charge on any atom is 0.0345 e. The van der Waals surface area contributed by atoms with Gasteiger partial charge in [-0.2, -0.15) is 0 Å². The Bertz CT molecular complexity index is 577. The summed E-state index contributed by atoms with van der Waals surface area (Å²) in [4.78, 5) is 2.89. The van der Waals surface area contributed by atoms with E-state index in [1.54, 1.807) is 0 Å². The second-order valence-electron chi connectivity index (χ2n) is 6.72. The lowest BCUT2D eigenvalue weighted by molar-refractivity contribution is 0.517. The fraction of sp³-hybridized carbons (Fsp3) is 0.500. The van der Waals surface area contributed by atoms with E-state index in [-0.39, 0.29) is 5.41 Å². The Morgan fingerprint density at radius 1 is 1.10 bits per heavy atom. The summed E-state index contributed by atoms with van der Waals surface area (Å²) in [6.45, 7) is 11.5. The second-order valence-corrected chi connectivity index (χ2v) is 7.80. The first kappa shape index (κ1) is 16.3. The minimum absolute atomic E-state index is 0.288. The molecule has 0 fully saturated rings. The van der Waals surface area contributed by atoms with E-state index < -0.39 is 0 Å². The third kappa shape index (κ3) is 3.77. The zero-order valence-electron chi connectivity index (χ0n) is 14.1. The highest BCUT2D eigenvalue weighted by Gasteiger charge is 2.20. The molecule has 1 heterocycles. The Kier molecular flexibility index (Phi) is 5.27. The van der Waals surface area contributed by atoms with Crippen molar-refractivity contribution >= 4 is 11.3 Å². The molecule has 114 valence electrons. The molecular weight excluding hydrogens is 272 g/mol. The van der Waals surface area contributed by atoms with Crippen LogP contribution in [-0.4, -0.2) is 0 Å². The lowest BCUT2D eigenvalue weighted by atomic mass is 9.89. The third-order valence-electron chi connectivity index (χ3n) is 4.62. The van der Waals surface area contributed by atoms with Crippen molar-refractivity contribution in [1.82, 2.24) is 0 Å². The number of benzene rings is 1. The molecule has 0 spiro atoms. The van der Waals surface area contributed by atoms with Gasteiger partial charge in [0.1, 0.15) is 0 Å². The molecule has 0 bridgehead atoms. The molecule has 0 radical (unpaired) electrons. The van der Waals surface area contributed by atoms with E-state index in [2.05, 4.69) is 71.0 Å². The van der Waals surface area contributed by atoms with E-state index in [4.69, 9.17) is 0 Å². The van der Waals surface area contributed by atoms with Crippen molar-refractivity contribution in [1.29, 1.82) is 0 Å². The minimum atomic E-state index is 0.288. The molecule has 0 aliphatic heterocycles. The predicted molar refractivity (Wildman–Crippen MR) is 96.4 cm³/mol. The van der Waals surface area contributed by atoms with Crippen LogP contribution in [0.15, 0.2) is 36.4 Å². The Hall–Kier alpha value is -1.08. The molecule has 0 amide bonds. The molecule has 0 nitrogen and oxygen atoms in total. The summed E-state index contributed by atoms with van der Waals surface area (Å²) in [6.07, 6.45) is 3.70. The van der Waals surface area contributed by atoms with Crippen LogP contribution in [0.5, 0.6) is 0 Å². The van der Waals surface area contributed by atoms with Crippen molar-refractivity contribution in [3.05, 3.63) is 46.8 Å². The van der Waals surface area contributed by atoms with Crippen molar-refractivity contribution in [2.24, 2.45) is 0 Å². The van der Waals surface area contributed by atoms with Crippen molar-refractivity contribution in [3.63, 3.8) is 0 Å². The highest BCUT2D eigenvalue weighted by molar-refractivity contribution is 7.15. The molecule has 0 aliphatic rings. The molecule has 2 aromatic rings. The summed E-state index contributed by atoms with van der Waals surface area (Å²) in [7, 11) is 0. The molecule has 1 unspecified atom stereocenters. The number of thiophene rings is 1. The van der Waals surface area contributed by atoms with Crippen LogP contribution in [0.25, 0.3) is 10.4 Å². The van der Waals surface area contributed by atoms with E-state index >= 15 is 0 Å². The van der Waals surface area contributed by atoms with Crippen LogP contribution >= 0.6 is 11.3 Å². The van der Waals surface area contributed by atoms with Crippen LogP contribution in [0.2, 0.25) is 0 Å². The summed E-state index contributed by atoms with van der Waals surface area (Å²) in [5.74, 6) is 0.654. The average Bonchev–Trinajstić information content (AvgIpc) is 2.98. The van der Waals surface area contributed by atoms with Gasteiger partial charge in [-0.05, 0) is 47.4 Å². The molecule has 0 saturated carbocycles. The first-order valence-corrected chi connectivity index (χ1v) is 9.00. The van der Waals surface area contributed by atoms with Gasteiger partial charge >= 0.3 is 0 Å². The molecule has 0 aliphatic carbocycles. The Balaban J connectivity index is 2.29. The summed E-state index contributed by atoms with van der Waals surface area (Å²) in [6, 6.07) is 13.7. The predicted octanol–water partition coefficient (Wildman–Crippen LogP) is 7.01. The Labute approximate surface area is 134 Å². The first-order valence-electron chi connectivity index (χ1n) is 8.18. The van der Waals surface area contributed by atoms with Gasteiger partial charge < -0.3 is 0 Å². The van der Waals surface area contributed by atoms with E-state index in [9.17, 15) is 0 Å².